The molecule has 120 valence electrons. The SMILES string of the molecule is Cc1nn(CCCNS(=O)(=O)c2ccc(Cl)cc2)c(C)c1Cl. The van der Waals surface area contributed by atoms with E-state index in [4.69, 9.17) is 23.2 Å². The van der Waals surface area contributed by atoms with Crippen LogP contribution in [-0.2, 0) is 16.6 Å². The third kappa shape index (κ3) is 4.01. The van der Waals surface area contributed by atoms with E-state index in [1.165, 1.54) is 12.1 Å². The minimum atomic E-state index is -3.51. The zero-order valence-electron chi connectivity index (χ0n) is 12.3. The molecule has 22 heavy (non-hydrogen) atoms. The molecule has 0 radical (unpaired) electrons. The van der Waals surface area contributed by atoms with Crippen molar-refractivity contribution < 1.29 is 8.42 Å². The van der Waals surface area contributed by atoms with Gasteiger partial charge in [-0.15, -0.1) is 0 Å². The number of aromatic nitrogens is 2. The van der Waals surface area contributed by atoms with Crippen molar-refractivity contribution in [2.75, 3.05) is 6.54 Å². The minimum absolute atomic E-state index is 0.200. The Morgan fingerprint density at radius 3 is 2.36 bits per heavy atom. The molecule has 0 amide bonds. The van der Waals surface area contributed by atoms with Crippen LogP contribution in [0.5, 0.6) is 0 Å². The number of aryl methyl sites for hydroxylation is 2. The molecule has 0 saturated carbocycles. The third-order valence-corrected chi connectivity index (χ3v) is 5.53. The lowest BCUT2D eigenvalue weighted by Gasteiger charge is -2.08. The maximum atomic E-state index is 12.1. The van der Waals surface area contributed by atoms with Crippen LogP contribution in [0.15, 0.2) is 29.2 Å². The Labute approximate surface area is 140 Å². The van der Waals surface area contributed by atoms with Crippen LogP contribution < -0.4 is 4.72 Å². The molecule has 2 aromatic rings. The summed E-state index contributed by atoms with van der Waals surface area (Å²) in [6.45, 7) is 4.65. The Hall–Kier alpha value is -1.08. The second-order valence-electron chi connectivity index (χ2n) is 4.91. The van der Waals surface area contributed by atoms with E-state index >= 15 is 0 Å². The molecular weight excluding hydrogens is 345 g/mol. The van der Waals surface area contributed by atoms with Gasteiger partial charge in [-0.25, -0.2) is 13.1 Å². The largest absolute Gasteiger partial charge is 0.268 e. The predicted molar refractivity (Wildman–Crippen MR) is 88.0 cm³/mol. The van der Waals surface area contributed by atoms with E-state index in [1.807, 2.05) is 13.8 Å². The Morgan fingerprint density at radius 1 is 1.18 bits per heavy atom. The normalized spacial score (nSPS) is 11.8. The van der Waals surface area contributed by atoms with Crippen LogP contribution in [0.3, 0.4) is 0 Å². The highest BCUT2D eigenvalue weighted by molar-refractivity contribution is 7.89. The van der Waals surface area contributed by atoms with Crippen LogP contribution in [0.25, 0.3) is 0 Å². The summed E-state index contributed by atoms with van der Waals surface area (Å²) in [4.78, 5) is 0.200. The molecule has 0 aliphatic carbocycles. The summed E-state index contributed by atoms with van der Waals surface area (Å²) >= 11 is 11.8. The Bertz CT molecular complexity index is 755. The van der Waals surface area contributed by atoms with Crippen molar-refractivity contribution >= 4 is 33.2 Å². The molecule has 0 unspecified atom stereocenters. The molecule has 1 aromatic heterocycles. The van der Waals surface area contributed by atoms with Crippen LogP contribution in [0.4, 0.5) is 0 Å². The number of nitrogens with zero attached hydrogens (tertiary/aromatic N) is 2. The van der Waals surface area contributed by atoms with Gasteiger partial charge >= 0.3 is 0 Å². The molecule has 1 aromatic carbocycles. The summed E-state index contributed by atoms with van der Waals surface area (Å²) in [5.74, 6) is 0. The van der Waals surface area contributed by atoms with Gasteiger partial charge in [-0.3, -0.25) is 4.68 Å². The highest BCUT2D eigenvalue weighted by Gasteiger charge is 2.13. The van der Waals surface area contributed by atoms with Crippen LogP contribution >= 0.6 is 23.2 Å². The van der Waals surface area contributed by atoms with Gasteiger partial charge in [0.05, 0.1) is 21.3 Å². The maximum absolute atomic E-state index is 12.1. The summed E-state index contributed by atoms with van der Waals surface area (Å²) in [7, 11) is -3.51. The summed E-state index contributed by atoms with van der Waals surface area (Å²) in [6.07, 6.45) is 0.616. The molecule has 0 spiro atoms. The molecule has 0 saturated heterocycles. The van der Waals surface area contributed by atoms with Gasteiger partial charge in [0.1, 0.15) is 0 Å². The summed E-state index contributed by atoms with van der Waals surface area (Å²) in [6, 6.07) is 6.05. The van der Waals surface area contributed by atoms with Gasteiger partial charge in [-0.05, 0) is 44.5 Å². The van der Waals surface area contributed by atoms with E-state index in [1.54, 1.807) is 16.8 Å². The fourth-order valence-corrected chi connectivity index (χ4v) is 3.36. The van der Waals surface area contributed by atoms with Crippen molar-refractivity contribution in [3.8, 4) is 0 Å². The number of rotatable bonds is 6. The third-order valence-electron chi connectivity index (χ3n) is 3.26. The highest BCUT2D eigenvalue weighted by Crippen LogP contribution is 2.19. The zero-order valence-corrected chi connectivity index (χ0v) is 14.6. The van der Waals surface area contributed by atoms with Crippen molar-refractivity contribution in [3.63, 3.8) is 0 Å². The van der Waals surface area contributed by atoms with E-state index in [9.17, 15) is 8.42 Å². The monoisotopic (exact) mass is 361 g/mol. The lowest BCUT2D eigenvalue weighted by Crippen LogP contribution is -2.25. The number of benzene rings is 1. The van der Waals surface area contributed by atoms with Crippen molar-refractivity contribution in [1.29, 1.82) is 0 Å². The first-order chi connectivity index (χ1) is 10.3. The van der Waals surface area contributed by atoms with Gasteiger partial charge in [0.25, 0.3) is 0 Å². The molecule has 1 heterocycles. The Kier molecular flexibility index (Phi) is 5.50. The molecule has 0 bridgehead atoms. The fraction of sp³-hybridized carbons (Fsp3) is 0.357. The number of hydrogen-bond acceptors (Lipinski definition) is 3. The van der Waals surface area contributed by atoms with E-state index in [2.05, 4.69) is 9.82 Å². The van der Waals surface area contributed by atoms with Crippen LogP contribution in [0.1, 0.15) is 17.8 Å². The predicted octanol–water partition coefficient (Wildman–Crippen LogP) is 3.18. The van der Waals surface area contributed by atoms with Gasteiger partial charge in [-0.2, -0.15) is 5.10 Å². The van der Waals surface area contributed by atoms with Crippen molar-refractivity contribution in [3.05, 3.63) is 45.7 Å². The van der Waals surface area contributed by atoms with E-state index in [-0.39, 0.29) is 4.90 Å². The van der Waals surface area contributed by atoms with Crippen molar-refractivity contribution in [2.45, 2.75) is 31.7 Å². The van der Waals surface area contributed by atoms with Crippen molar-refractivity contribution in [2.24, 2.45) is 0 Å². The molecule has 0 atom stereocenters. The average Bonchev–Trinajstić information content (AvgIpc) is 2.71. The molecule has 5 nitrogen and oxygen atoms in total. The van der Waals surface area contributed by atoms with Crippen LogP contribution in [0, 0.1) is 13.8 Å². The Morgan fingerprint density at radius 2 is 1.82 bits per heavy atom. The summed E-state index contributed by atoms with van der Waals surface area (Å²) in [5.41, 5.74) is 1.67. The molecule has 8 heteroatoms. The van der Waals surface area contributed by atoms with Crippen LogP contribution in [-0.4, -0.2) is 24.7 Å². The number of halogens is 2. The highest BCUT2D eigenvalue weighted by atomic mass is 35.5. The fourth-order valence-electron chi connectivity index (χ4n) is 2.03. The van der Waals surface area contributed by atoms with Gasteiger partial charge in [0, 0.05) is 18.1 Å². The summed E-state index contributed by atoms with van der Waals surface area (Å²) < 4.78 is 28.5. The molecular formula is C14H17Cl2N3O2S. The van der Waals surface area contributed by atoms with Gasteiger partial charge in [0.15, 0.2) is 0 Å². The second kappa shape index (κ2) is 7.00. The van der Waals surface area contributed by atoms with Gasteiger partial charge in [-0.1, -0.05) is 23.2 Å². The smallest absolute Gasteiger partial charge is 0.240 e. The van der Waals surface area contributed by atoms with E-state index < -0.39 is 10.0 Å². The first-order valence-electron chi connectivity index (χ1n) is 6.76. The molecule has 2 rings (SSSR count). The molecule has 0 aliphatic heterocycles. The van der Waals surface area contributed by atoms with Gasteiger partial charge < -0.3 is 0 Å². The van der Waals surface area contributed by atoms with Crippen molar-refractivity contribution in [1.82, 2.24) is 14.5 Å². The molecule has 0 fully saturated rings. The Balaban J connectivity index is 1.90. The second-order valence-corrected chi connectivity index (χ2v) is 7.49. The maximum Gasteiger partial charge on any atom is 0.240 e. The number of nitrogens with one attached hydrogen (secondary N) is 1. The molecule has 1 N–H and O–H groups in total. The van der Waals surface area contributed by atoms with E-state index in [0.29, 0.717) is 29.6 Å². The summed E-state index contributed by atoms with van der Waals surface area (Å²) in [5, 5.41) is 5.46. The van der Waals surface area contributed by atoms with Crippen LogP contribution in [0.2, 0.25) is 10.0 Å². The van der Waals surface area contributed by atoms with E-state index in [0.717, 1.165) is 11.4 Å². The first kappa shape index (κ1) is 17.3. The zero-order chi connectivity index (χ0) is 16.3. The lowest BCUT2D eigenvalue weighted by atomic mass is 10.4. The number of hydrogen-bond donors (Lipinski definition) is 1. The number of sulfonamides is 1. The standard InChI is InChI=1S/C14H17Cl2N3O2S/c1-10-14(16)11(2)19(18-10)9-3-8-17-22(20,21)13-6-4-12(15)5-7-13/h4-7,17H,3,8-9H2,1-2H3. The van der Waals surface area contributed by atoms with Gasteiger partial charge in [0.2, 0.25) is 10.0 Å². The molecule has 0 aliphatic rings. The average molecular weight is 362 g/mol. The lowest BCUT2D eigenvalue weighted by molar-refractivity contribution is 0.544. The quantitative estimate of drug-likeness (QED) is 0.803. The minimum Gasteiger partial charge on any atom is -0.268 e. The first-order valence-corrected chi connectivity index (χ1v) is 9.00. The topological polar surface area (TPSA) is 64.0 Å².